The van der Waals surface area contributed by atoms with E-state index in [1.807, 2.05) is 0 Å². The second kappa shape index (κ2) is 8.02. The van der Waals surface area contributed by atoms with Gasteiger partial charge in [0.2, 0.25) is 0 Å². The van der Waals surface area contributed by atoms with Crippen molar-refractivity contribution in [1.29, 1.82) is 0 Å². The minimum atomic E-state index is -0.596. The molecule has 3 aromatic heterocycles. The largest absolute Gasteiger partial charge is 0.296 e. The zero-order valence-electron chi connectivity index (χ0n) is 15.9. The van der Waals surface area contributed by atoms with Gasteiger partial charge in [0.1, 0.15) is 34.1 Å². The molecule has 3 heterocycles. The maximum Gasteiger partial charge on any atom is 0.276 e. The second-order valence-electron chi connectivity index (χ2n) is 6.53. The fraction of sp³-hybridized carbons (Fsp3) is 0. The van der Waals surface area contributed by atoms with Gasteiger partial charge in [-0.25, -0.2) is 23.7 Å². The lowest BCUT2D eigenvalue weighted by Crippen LogP contribution is -2.18. The number of nitrogens with zero attached hydrogens (tertiary/aromatic N) is 3. The first-order chi connectivity index (χ1) is 15.5. The van der Waals surface area contributed by atoms with E-state index in [9.17, 15) is 18.4 Å². The molecule has 0 unspecified atom stereocenters. The molecule has 5 rings (SSSR count). The minimum absolute atomic E-state index is 0.0206. The van der Waals surface area contributed by atoms with Crippen LogP contribution in [0.3, 0.4) is 0 Å². The average Bonchev–Trinajstić information content (AvgIpc) is 3.39. The van der Waals surface area contributed by atoms with E-state index >= 15 is 0 Å². The second-order valence-corrected chi connectivity index (χ2v) is 8.59. The standard InChI is InChI=1S/C21H11F2N5O2S2/c22-10-4-1-8-14-16(10)25-20(31-14)27-18(29)12-6-3-7-13(24-12)19(30)28-21-26-17-11(23)5-2-9-15(17)32-21/h1-9H,(H,25,27,29)(H,26,28,30). The molecule has 2 amide bonds. The maximum absolute atomic E-state index is 13.8. The van der Waals surface area contributed by atoms with Crippen molar-refractivity contribution in [3.8, 4) is 0 Å². The van der Waals surface area contributed by atoms with Gasteiger partial charge < -0.3 is 0 Å². The Morgan fingerprint density at radius 1 is 0.656 bits per heavy atom. The van der Waals surface area contributed by atoms with Gasteiger partial charge in [0.25, 0.3) is 11.8 Å². The smallest absolute Gasteiger partial charge is 0.276 e. The van der Waals surface area contributed by atoms with E-state index in [0.29, 0.717) is 9.40 Å². The predicted octanol–water partition coefficient (Wildman–Crippen LogP) is 5.08. The number of amides is 2. The van der Waals surface area contributed by atoms with Gasteiger partial charge in [-0.3, -0.25) is 20.2 Å². The maximum atomic E-state index is 13.8. The Morgan fingerprint density at radius 3 is 1.53 bits per heavy atom. The zero-order valence-corrected chi connectivity index (χ0v) is 17.6. The number of para-hydroxylation sites is 2. The summed E-state index contributed by atoms with van der Waals surface area (Å²) in [7, 11) is 0. The summed E-state index contributed by atoms with van der Waals surface area (Å²) in [5.41, 5.74) is 0.294. The summed E-state index contributed by atoms with van der Waals surface area (Å²) in [6.07, 6.45) is 0. The molecule has 2 N–H and O–H groups in total. The van der Waals surface area contributed by atoms with Crippen molar-refractivity contribution in [2.75, 3.05) is 10.6 Å². The quantitative estimate of drug-likeness (QED) is 0.384. The molecule has 11 heteroatoms. The number of hydrogen-bond acceptors (Lipinski definition) is 7. The number of halogens is 2. The van der Waals surface area contributed by atoms with Crippen molar-refractivity contribution < 1.29 is 18.4 Å². The van der Waals surface area contributed by atoms with Crippen LogP contribution in [0.15, 0.2) is 54.6 Å². The van der Waals surface area contributed by atoms with Crippen molar-refractivity contribution in [2.45, 2.75) is 0 Å². The van der Waals surface area contributed by atoms with E-state index < -0.39 is 23.4 Å². The highest BCUT2D eigenvalue weighted by Crippen LogP contribution is 2.29. The topological polar surface area (TPSA) is 96.9 Å². The number of benzene rings is 2. The first kappa shape index (κ1) is 20.1. The molecule has 0 aliphatic rings. The summed E-state index contributed by atoms with van der Waals surface area (Å²) in [4.78, 5) is 37.4. The fourth-order valence-electron chi connectivity index (χ4n) is 2.95. The van der Waals surface area contributed by atoms with Crippen LogP contribution >= 0.6 is 22.7 Å². The minimum Gasteiger partial charge on any atom is -0.296 e. The molecular formula is C21H11F2N5O2S2. The molecule has 0 fully saturated rings. The summed E-state index contributed by atoms with van der Waals surface area (Å²) in [5.74, 6) is -2.15. The normalized spacial score (nSPS) is 11.1. The summed E-state index contributed by atoms with van der Waals surface area (Å²) in [6, 6.07) is 13.5. The van der Waals surface area contributed by atoms with Crippen molar-refractivity contribution in [3.05, 3.63) is 77.6 Å². The zero-order chi connectivity index (χ0) is 22.2. The third-order valence-corrected chi connectivity index (χ3v) is 6.27. The molecular weight excluding hydrogens is 456 g/mol. The SMILES string of the molecule is O=C(Nc1nc2c(F)cccc2s1)c1cccc(C(=O)Nc2nc3c(F)cccc3s2)n1. The van der Waals surface area contributed by atoms with Gasteiger partial charge in [-0.2, -0.15) is 0 Å². The molecule has 0 radical (unpaired) electrons. The van der Waals surface area contributed by atoms with Crippen LogP contribution < -0.4 is 10.6 Å². The summed E-state index contributed by atoms with van der Waals surface area (Å²) < 4.78 is 28.8. The number of fused-ring (bicyclic) bond motifs is 2. The molecule has 0 saturated heterocycles. The fourth-order valence-corrected chi connectivity index (χ4v) is 4.70. The Kier molecular flexibility index (Phi) is 5.04. The Bertz CT molecular complexity index is 1410. The van der Waals surface area contributed by atoms with Crippen LogP contribution in [0.5, 0.6) is 0 Å². The molecule has 5 aromatic rings. The average molecular weight is 467 g/mol. The van der Waals surface area contributed by atoms with Crippen molar-refractivity contribution in [1.82, 2.24) is 15.0 Å². The van der Waals surface area contributed by atoms with Gasteiger partial charge in [0.15, 0.2) is 10.3 Å². The number of pyridine rings is 1. The van der Waals surface area contributed by atoms with Gasteiger partial charge >= 0.3 is 0 Å². The van der Waals surface area contributed by atoms with Gasteiger partial charge in [-0.05, 0) is 36.4 Å². The van der Waals surface area contributed by atoms with Crippen molar-refractivity contribution in [2.24, 2.45) is 0 Å². The Hall–Kier alpha value is -3.83. The van der Waals surface area contributed by atoms with Crippen LogP contribution in [0.4, 0.5) is 19.0 Å². The lowest BCUT2D eigenvalue weighted by atomic mass is 10.3. The van der Waals surface area contributed by atoms with E-state index in [1.165, 1.54) is 30.3 Å². The van der Waals surface area contributed by atoms with Crippen LogP contribution in [0, 0.1) is 11.6 Å². The molecule has 0 aliphatic carbocycles. The lowest BCUT2D eigenvalue weighted by molar-refractivity contribution is 0.101. The molecule has 0 saturated carbocycles. The number of carbonyl (C=O) groups is 2. The number of rotatable bonds is 4. The molecule has 158 valence electrons. The molecule has 7 nitrogen and oxygen atoms in total. The Balaban J connectivity index is 1.34. The van der Waals surface area contributed by atoms with E-state index in [4.69, 9.17) is 0 Å². The molecule has 0 atom stereocenters. The first-order valence-electron chi connectivity index (χ1n) is 9.18. The van der Waals surface area contributed by atoms with Crippen LogP contribution in [0.1, 0.15) is 21.0 Å². The van der Waals surface area contributed by atoms with E-state index in [1.54, 1.807) is 24.3 Å². The van der Waals surface area contributed by atoms with Crippen molar-refractivity contribution in [3.63, 3.8) is 0 Å². The molecule has 32 heavy (non-hydrogen) atoms. The Labute approximate surface area is 186 Å². The van der Waals surface area contributed by atoms with Crippen molar-refractivity contribution >= 4 is 65.2 Å². The van der Waals surface area contributed by atoms with Crippen LogP contribution in [-0.4, -0.2) is 26.8 Å². The highest BCUT2D eigenvalue weighted by molar-refractivity contribution is 7.22. The van der Waals surface area contributed by atoms with E-state index in [2.05, 4.69) is 25.6 Å². The number of aromatic nitrogens is 3. The number of thiazole rings is 2. The van der Waals surface area contributed by atoms with E-state index in [-0.39, 0.29) is 32.7 Å². The highest BCUT2D eigenvalue weighted by Gasteiger charge is 2.17. The van der Waals surface area contributed by atoms with Gasteiger partial charge in [-0.1, -0.05) is 40.9 Å². The monoisotopic (exact) mass is 467 g/mol. The molecule has 0 aliphatic heterocycles. The summed E-state index contributed by atoms with van der Waals surface area (Å²) in [5, 5.41) is 5.56. The number of carbonyl (C=O) groups excluding carboxylic acids is 2. The molecule has 2 aromatic carbocycles. The third kappa shape index (κ3) is 3.79. The lowest BCUT2D eigenvalue weighted by Gasteiger charge is -2.04. The summed E-state index contributed by atoms with van der Waals surface area (Å²) >= 11 is 2.24. The van der Waals surface area contributed by atoms with Crippen LogP contribution in [-0.2, 0) is 0 Å². The molecule has 0 bridgehead atoms. The van der Waals surface area contributed by atoms with E-state index in [0.717, 1.165) is 22.7 Å². The third-order valence-electron chi connectivity index (χ3n) is 4.39. The van der Waals surface area contributed by atoms with Crippen LogP contribution in [0.2, 0.25) is 0 Å². The van der Waals surface area contributed by atoms with Gasteiger partial charge in [-0.15, -0.1) is 0 Å². The first-order valence-corrected chi connectivity index (χ1v) is 10.8. The number of nitrogens with one attached hydrogen (secondary N) is 2. The predicted molar refractivity (Wildman–Crippen MR) is 119 cm³/mol. The highest BCUT2D eigenvalue weighted by atomic mass is 32.1. The molecule has 0 spiro atoms. The van der Waals surface area contributed by atoms with Crippen LogP contribution in [0.25, 0.3) is 20.4 Å². The van der Waals surface area contributed by atoms with Gasteiger partial charge in [0, 0.05) is 0 Å². The number of anilines is 2. The summed E-state index contributed by atoms with van der Waals surface area (Å²) in [6.45, 7) is 0. The number of hydrogen-bond donors (Lipinski definition) is 2. The van der Waals surface area contributed by atoms with Gasteiger partial charge in [0.05, 0.1) is 9.40 Å². The Morgan fingerprint density at radius 2 is 1.09 bits per heavy atom.